The first-order chi connectivity index (χ1) is 11.5. The second-order valence-electron chi connectivity index (χ2n) is 5.79. The van der Waals surface area contributed by atoms with E-state index in [1.54, 1.807) is 29.2 Å². The number of fused-ring (bicyclic) bond motifs is 1. The summed E-state index contributed by atoms with van der Waals surface area (Å²) in [6, 6.07) is 14.4. The number of anilines is 2. The van der Waals surface area contributed by atoms with Crippen molar-refractivity contribution in [2.45, 2.75) is 19.8 Å². The number of carbonyl (C=O) groups excluding carboxylic acids is 3. The van der Waals surface area contributed by atoms with Gasteiger partial charge in [0, 0.05) is 23.5 Å². The Labute approximate surface area is 140 Å². The van der Waals surface area contributed by atoms with Gasteiger partial charge in [-0.2, -0.15) is 0 Å². The molecule has 2 aromatic rings. The van der Waals surface area contributed by atoms with Crippen LogP contribution < -0.4 is 10.2 Å². The number of benzene rings is 2. The molecule has 0 saturated heterocycles. The van der Waals surface area contributed by atoms with Crippen LogP contribution in [0.15, 0.2) is 48.5 Å². The lowest BCUT2D eigenvalue weighted by Gasteiger charge is -2.17. The van der Waals surface area contributed by atoms with Crippen molar-refractivity contribution < 1.29 is 14.4 Å². The third kappa shape index (κ3) is 3.35. The number of para-hydroxylation sites is 1. The quantitative estimate of drug-likeness (QED) is 0.695. The number of amides is 2. The molecule has 0 fully saturated rings. The van der Waals surface area contributed by atoms with E-state index in [2.05, 4.69) is 5.32 Å². The Morgan fingerprint density at radius 3 is 2.67 bits per heavy atom. The number of nitrogens with one attached hydrogen (secondary N) is 1. The van der Waals surface area contributed by atoms with Crippen LogP contribution in [0.3, 0.4) is 0 Å². The summed E-state index contributed by atoms with van der Waals surface area (Å²) in [5.74, 6) is -0.680. The molecule has 5 heteroatoms. The molecule has 1 N–H and O–H groups in total. The summed E-state index contributed by atoms with van der Waals surface area (Å²) in [7, 11) is 0. The highest BCUT2D eigenvalue weighted by Gasteiger charge is 2.25. The van der Waals surface area contributed by atoms with E-state index in [-0.39, 0.29) is 24.0 Å². The summed E-state index contributed by atoms with van der Waals surface area (Å²) in [4.78, 5) is 37.6. The molecule has 0 atom stereocenters. The minimum atomic E-state index is -0.384. The predicted octanol–water partition coefficient (Wildman–Crippen LogP) is 2.81. The maximum absolute atomic E-state index is 12.4. The van der Waals surface area contributed by atoms with Crippen LogP contribution in [0.4, 0.5) is 11.4 Å². The van der Waals surface area contributed by atoms with Gasteiger partial charge in [-0.15, -0.1) is 0 Å². The van der Waals surface area contributed by atoms with Gasteiger partial charge in [0.25, 0.3) is 0 Å². The summed E-state index contributed by atoms with van der Waals surface area (Å²) in [6.45, 7) is 2.07. The molecular formula is C19H18N2O3. The van der Waals surface area contributed by atoms with Crippen molar-refractivity contribution in [2.75, 3.05) is 16.8 Å². The molecule has 0 unspecified atom stereocenters. The van der Waals surface area contributed by atoms with Crippen molar-refractivity contribution in [3.05, 3.63) is 59.7 Å². The fourth-order valence-corrected chi connectivity index (χ4v) is 2.85. The van der Waals surface area contributed by atoms with Crippen molar-refractivity contribution in [2.24, 2.45) is 0 Å². The van der Waals surface area contributed by atoms with Gasteiger partial charge in [-0.05, 0) is 37.1 Å². The lowest BCUT2D eigenvalue weighted by atomic mass is 10.1. The molecule has 0 spiro atoms. The van der Waals surface area contributed by atoms with E-state index in [9.17, 15) is 14.4 Å². The first-order valence-corrected chi connectivity index (χ1v) is 7.84. The molecule has 0 saturated carbocycles. The summed E-state index contributed by atoms with van der Waals surface area (Å²) in [5.41, 5.74) is 3.05. The molecule has 0 aliphatic carbocycles. The molecule has 0 aromatic heterocycles. The fraction of sp³-hybridized carbons (Fsp3) is 0.211. The highest BCUT2D eigenvalue weighted by Crippen LogP contribution is 2.27. The Bertz CT molecular complexity index is 814. The van der Waals surface area contributed by atoms with Gasteiger partial charge in [0.2, 0.25) is 11.8 Å². The minimum absolute atomic E-state index is 0.0733. The van der Waals surface area contributed by atoms with Crippen molar-refractivity contribution in [3.8, 4) is 0 Å². The molecular weight excluding hydrogens is 304 g/mol. The topological polar surface area (TPSA) is 66.5 Å². The van der Waals surface area contributed by atoms with Crippen LogP contribution in [0.1, 0.15) is 29.3 Å². The van der Waals surface area contributed by atoms with Gasteiger partial charge in [0.15, 0.2) is 5.78 Å². The van der Waals surface area contributed by atoms with E-state index in [0.29, 0.717) is 17.8 Å². The highest BCUT2D eigenvalue weighted by molar-refractivity contribution is 6.10. The average Bonchev–Trinajstić information content (AvgIpc) is 2.99. The maximum Gasteiger partial charge on any atom is 0.236 e. The summed E-state index contributed by atoms with van der Waals surface area (Å²) in [6.07, 6.45) is 0.586. The van der Waals surface area contributed by atoms with E-state index in [0.717, 1.165) is 17.7 Å². The molecule has 2 amide bonds. The van der Waals surface area contributed by atoms with Crippen LogP contribution in [0.2, 0.25) is 0 Å². The molecule has 122 valence electrons. The Morgan fingerprint density at radius 2 is 1.88 bits per heavy atom. The normalized spacial score (nSPS) is 12.6. The van der Waals surface area contributed by atoms with Gasteiger partial charge in [-0.3, -0.25) is 14.4 Å². The number of hydrogen-bond acceptors (Lipinski definition) is 3. The zero-order valence-electron chi connectivity index (χ0n) is 13.4. The van der Waals surface area contributed by atoms with Gasteiger partial charge in [0.1, 0.15) is 6.42 Å². The van der Waals surface area contributed by atoms with Crippen LogP contribution in [0.25, 0.3) is 0 Å². The van der Waals surface area contributed by atoms with Crippen LogP contribution in [-0.2, 0) is 16.0 Å². The first kappa shape index (κ1) is 15.9. The second kappa shape index (κ2) is 6.66. The second-order valence-corrected chi connectivity index (χ2v) is 5.79. The first-order valence-electron chi connectivity index (χ1n) is 7.84. The van der Waals surface area contributed by atoms with Crippen LogP contribution in [0.5, 0.6) is 0 Å². The minimum Gasteiger partial charge on any atom is -0.326 e. The molecule has 1 heterocycles. The van der Waals surface area contributed by atoms with Crippen LogP contribution in [-0.4, -0.2) is 24.1 Å². The SMILES string of the molecule is CC(=O)c1cccc(NC(=O)CC(=O)N2CCc3ccccc32)c1. The van der Waals surface area contributed by atoms with E-state index in [1.165, 1.54) is 6.92 Å². The van der Waals surface area contributed by atoms with Crippen molar-refractivity contribution in [3.63, 3.8) is 0 Å². The molecule has 3 rings (SSSR count). The molecule has 0 radical (unpaired) electrons. The number of rotatable bonds is 4. The van der Waals surface area contributed by atoms with E-state index < -0.39 is 0 Å². The summed E-state index contributed by atoms with van der Waals surface area (Å²) < 4.78 is 0. The van der Waals surface area contributed by atoms with Gasteiger partial charge in [0.05, 0.1) is 0 Å². The standard InChI is InChI=1S/C19H18N2O3/c1-13(22)15-6-4-7-16(11-15)20-18(23)12-19(24)21-10-9-14-5-2-3-8-17(14)21/h2-8,11H,9-10,12H2,1H3,(H,20,23). The Hall–Kier alpha value is -2.95. The van der Waals surface area contributed by atoms with Gasteiger partial charge < -0.3 is 10.2 Å². The van der Waals surface area contributed by atoms with E-state index >= 15 is 0 Å². The number of carbonyl (C=O) groups is 3. The molecule has 1 aliphatic heterocycles. The van der Waals surface area contributed by atoms with Gasteiger partial charge >= 0.3 is 0 Å². The van der Waals surface area contributed by atoms with Crippen LogP contribution in [0, 0.1) is 0 Å². The summed E-state index contributed by atoms with van der Waals surface area (Å²) >= 11 is 0. The largest absolute Gasteiger partial charge is 0.326 e. The van der Waals surface area contributed by atoms with Gasteiger partial charge in [-0.25, -0.2) is 0 Å². The fourth-order valence-electron chi connectivity index (χ4n) is 2.85. The predicted molar refractivity (Wildman–Crippen MR) is 92.2 cm³/mol. The lowest BCUT2D eigenvalue weighted by Crippen LogP contribution is -2.32. The number of Topliss-reactive ketones (excluding diaryl/α,β-unsaturated/α-hetero) is 1. The van der Waals surface area contributed by atoms with Crippen LogP contribution >= 0.6 is 0 Å². The monoisotopic (exact) mass is 322 g/mol. The molecule has 2 aromatic carbocycles. The number of ketones is 1. The summed E-state index contributed by atoms with van der Waals surface area (Å²) in [5, 5.41) is 2.68. The molecule has 24 heavy (non-hydrogen) atoms. The number of nitrogens with zero attached hydrogens (tertiary/aromatic N) is 1. The van der Waals surface area contributed by atoms with Crippen molar-refractivity contribution in [1.29, 1.82) is 0 Å². The molecule has 1 aliphatic rings. The van der Waals surface area contributed by atoms with Gasteiger partial charge in [-0.1, -0.05) is 30.3 Å². The lowest BCUT2D eigenvalue weighted by molar-refractivity contribution is -0.125. The third-order valence-electron chi connectivity index (χ3n) is 4.05. The Balaban J connectivity index is 1.64. The number of hydrogen-bond donors (Lipinski definition) is 1. The Morgan fingerprint density at radius 1 is 1.08 bits per heavy atom. The zero-order valence-corrected chi connectivity index (χ0v) is 13.4. The zero-order chi connectivity index (χ0) is 17.1. The molecule has 5 nitrogen and oxygen atoms in total. The van der Waals surface area contributed by atoms with E-state index in [4.69, 9.17) is 0 Å². The molecule has 0 bridgehead atoms. The third-order valence-corrected chi connectivity index (χ3v) is 4.05. The smallest absolute Gasteiger partial charge is 0.236 e. The van der Waals surface area contributed by atoms with Crippen molar-refractivity contribution in [1.82, 2.24) is 0 Å². The maximum atomic E-state index is 12.4. The highest BCUT2D eigenvalue weighted by atomic mass is 16.2. The van der Waals surface area contributed by atoms with E-state index in [1.807, 2.05) is 24.3 Å². The Kier molecular flexibility index (Phi) is 4.42. The van der Waals surface area contributed by atoms with Crippen molar-refractivity contribution >= 4 is 29.0 Å². The average molecular weight is 322 g/mol.